The van der Waals surface area contributed by atoms with E-state index in [1.807, 2.05) is 17.5 Å². The smallest absolute Gasteiger partial charge is 0.303 e. The summed E-state index contributed by atoms with van der Waals surface area (Å²) in [6, 6.07) is 8.83. The Labute approximate surface area is 171 Å². The highest BCUT2D eigenvalue weighted by molar-refractivity contribution is 7.13. The quantitative estimate of drug-likeness (QED) is 0.439. The molecule has 29 heavy (non-hydrogen) atoms. The highest BCUT2D eigenvalue weighted by Crippen LogP contribution is 2.34. The second-order valence-electron chi connectivity index (χ2n) is 6.33. The Morgan fingerprint density at radius 2 is 1.45 bits per heavy atom. The van der Waals surface area contributed by atoms with Crippen LogP contribution in [-0.2, 0) is 19.2 Å². The number of nitrogens with one attached hydrogen (secondary N) is 2. The maximum absolute atomic E-state index is 12.1. The number of carboxylic acid groups (broad SMARTS) is 2. The Bertz CT molecular complexity index is 879. The summed E-state index contributed by atoms with van der Waals surface area (Å²) >= 11 is 1.48. The van der Waals surface area contributed by atoms with E-state index < -0.39 is 11.9 Å². The maximum atomic E-state index is 12.1. The minimum Gasteiger partial charge on any atom is -0.481 e. The Kier molecular flexibility index (Phi) is 8.35. The van der Waals surface area contributed by atoms with Gasteiger partial charge in [0.2, 0.25) is 11.8 Å². The molecule has 0 unspecified atom stereocenters. The van der Waals surface area contributed by atoms with Gasteiger partial charge >= 0.3 is 11.9 Å². The number of carboxylic acids is 2. The number of carbonyl (C=O) groups is 4. The Morgan fingerprint density at radius 3 is 2.00 bits per heavy atom. The van der Waals surface area contributed by atoms with Gasteiger partial charge in [-0.25, -0.2) is 0 Å². The molecule has 1 heterocycles. The van der Waals surface area contributed by atoms with E-state index in [2.05, 4.69) is 10.6 Å². The minimum atomic E-state index is -0.944. The van der Waals surface area contributed by atoms with Gasteiger partial charge < -0.3 is 20.8 Å². The van der Waals surface area contributed by atoms with E-state index in [1.165, 1.54) is 11.3 Å². The molecule has 8 nitrogen and oxygen atoms in total. The number of hydrogen-bond donors (Lipinski definition) is 4. The first-order chi connectivity index (χ1) is 13.8. The van der Waals surface area contributed by atoms with Crippen LogP contribution in [0.5, 0.6) is 0 Å². The summed E-state index contributed by atoms with van der Waals surface area (Å²) in [4.78, 5) is 46.2. The number of thiophene rings is 1. The largest absolute Gasteiger partial charge is 0.481 e. The van der Waals surface area contributed by atoms with E-state index in [9.17, 15) is 19.2 Å². The molecule has 0 aliphatic carbocycles. The zero-order valence-corrected chi connectivity index (χ0v) is 16.5. The Hall–Kier alpha value is -3.20. The fourth-order valence-electron chi connectivity index (χ4n) is 2.60. The van der Waals surface area contributed by atoms with E-state index in [-0.39, 0.29) is 50.3 Å². The highest BCUT2D eigenvalue weighted by atomic mass is 32.1. The van der Waals surface area contributed by atoms with E-state index >= 15 is 0 Å². The van der Waals surface area contributed by atoms with Gasteiger partial charge in [0.05, 0.1) is 0 Å². The predicted molar refractivity (Wildman–Crippen MR) is 110 cm³/mol. The van der Waals surface area contributed by atoms with Crippen LogP contribution in [0.2, 0.25) is 0 Å². The molecule has 2 amide bonds. The van der Waals surface area contributed by atoms with Crippen molar-refractivity contribution >= 4 is 46.5 Å². The van der Waals surface area contributed by atoms with E-state index in [1.54, 1.807) is 18.2 Å². The van der Waals surface area contributed by atoms with E-state index in [0.29, 0.717) is 11.4 Å². The number of hydrogen-bond acceptors (Lipinski definition) is 5. The molecular formula is C20H22N2O6S. The van der Waals surface area contributed by atoms with Crippen LogP contribution in [0, 0.1) is 0 Å². The molecule has 4 N–H and O–H groups in total. The predicted octanol–water partition coefficient (Wildman–Crippen LogP) is 3.80. The Balaban J connectivity index is 2.08. The lowest BCUT2D eigenvalue weighted by molar-refractivity contribution is -0.138. The first kappa shape index (κ1) is 22.1. The van der Waals surface area contributed by atoms with Gasteiger partial charge in [-0.3, -0.25) is 19.2 Å². The van der Waals surface area contributed by atoms with Gasteiger partial charge in [0, 0.05) is 47.5 Å². The fraction of sp³-hybridized carbons (Fsp3) is 0.300. The molecule has 0 spiro atoms. The summed E-state index contributed by atoms with van der Waals surface area (Å²) in [7, 11) is 0. The summed E-state index contributed by atoms with van der Waals surface area (Å²) in [6.45, 7) is 0. The van der Waals surface area contributed by atoms with Gasteiger partial charge in [-0.2, -0.15) is 0 Å². The van der Waals surface area contributed by atoms with Gasteiger partial charge in [-0.1, -0.05) is 6.07 Å². The summed E-state index contributed by atoms with van der Waals surface area (Å²) in [5.74, 6) is -2.45. The second kappa shape index (κ2) is 11.0. The van der Waals surface area contributed by atoms with Crippen molar-refractivity contribution in [3.8, 4) is 10.4 Å². The molecule has 0 saturated heterocycles. The first-order valence-corrected chi connectivity index (χ1v) is 9.94. The lowest BCUT2D eigenvalue weighted by atomic mass is 10.1. The van der Waals surface area contributed by atoms with Crippen LogP contribution in [0.15, 0.2) is 35.7 Å². The first-order valence-electron chi connectivity index (χ1n) is 9.06. The van der Waals surface area contributed by atoms with Crippen molar-refractivity contribution in [2.24, 2.45) is 0 Å². The average molecular weight is 418 g/mol. The normalized spacial score (nSPS) is 10.3. The number of amides is 2. The third kappa shape index (κ3) is 7.74. The second-order valence-corrected chi connectivity index (χ2v) is 7.28. The molecule has 2 aromatic rings. The van der Waals surface area contributed by atoms with Crippen LogP contribution >= 0.6 is 11.3 Å². The van der Waals surface area contributed by atoms with Gasteiger partial charge in [0.25, 0.3) is 0 Å². The third-order valence-electron chi connectivity index (χ3n) is 3.95. The standard InChI is InChI=1S/C20H22N2O6S/c23-17(5-1-7-19(25)26)21-13-9-10-15(14(12-13)16-4-3-11-29-16)22-18(24)6-2-8-20(27)28/h3-4,9-12H,1-2,5-8H2,(H,21,23)(H,22,24)(H,25,26)(H,27,28). The molecular weight excluding hydrogens is 396 g/mol. The lowest BCUT2D eigenvalue weighted by Gasteiger charge is -2.13. The minimum absolute atomic E-state index is 0.0687. The van der Waals surface area contributed by atoms with Crippen molar-refractivity contribution in [1.29, 1.82) is 0 Å². The molecule has 0 saturated carbocycles. The Morgan fingerprint density at radius 1 is 0.828 bits per heavy atom. The van der Waals surface area contributed by atoms with Crippen molar-refractivity contribution < 1.29 is 29.4 Å². The molecule has 1 aromatic carbocycles. The molecule has 0 aliphatic heterocycles. The molecule has 0 atom stereocenters. The summed E-state index contributed by atoms with van der Waals surface area (Å²) in [5, 5.41) is 24.8. The van der Waals surface area contributed by atoms with Crippen LogP contribution in [-0.4, -0.2) is 34.0 Å². The topological polar surface area (TPSA) is 133 Å². The zero-order chi connectivity index (χ0) is 21.2. The number of rotatable bonds is 11. The van der Waals surface area contributed by atoms with Crippen molar-refractivity contribution in [2.45, 2.75) is 38.5 Å². The summed E-state index contributed by atoms with van der Waals surface area (Å²) in [5.41, 5.74) is 1.84. The highest BCUT2D eigenvalue weighted by Gasteiger charge is 2.13. The van der Waals surface area contributed by atoms with Crippen LogP contribution < -0.4 is 10.6 Å². The van der Waals surface area contributed by atoms with Gasteiger partial charge in [-0.15, -0.1) is 11.3 Å². The average Bonchev–Trinajstić information content (AvgIpc) is 3.17. The van der Waals surface area contributed by atoms with Crippen molar-refractivity contribution in [3.05, 3.63) is 35.7 Å². The van der Waals surface area contributed by atoms with Gasteiger partial charge in [0.1, 0.15) is 0 Å². The lowest BCUT2D eigenvalue weighted by Crippen LogP contribution is -2.14. The molecule has 2 rings (SSSR count). The van der Waals surface area contributed by atoms with E-state index in [4.69, 9.17) is 10.2 Å². The number of benzene rings is 1. The third-order valence-corrected chi connectivity index (χ3v) is 4.86. The van der Waals surface area contributed by atoms with Crippen molar-refractivity contribution in [1.82, 2.24) is 0 Å². The van der Waals surface area contributed by atoms with Crippen LogP contribution in [0.4, 0.5) is 11.4 Å². The molecule has 154 valence electrons. The van der Waals surface area contributed by atoms with Crippen LogP contribution in [0.1, 0.15) is 38.5 Å². The zero-order valence-electron chi connectivity index (χ0n) is 15.6. The van der Waals surface area contributed by atoms with Crippen LogP contribution in [0.25, 0.3) is 10.4 Å². The van der Waals surface area contributed by atoms with Crippen molar-refractivity contribution in [3.63, 3.8) is 0 Å². The molecule has 9 heteroatoms. The number of carbonyl (C=O) groups excluding carboxylic acids is 2. The molecule has 0 fully saturated rings. The molecule has 0 aliphatic rings. The van der Waals surface area contributed by atoms with Gasteiger partial charge in [0.15, 0.2) is 0 Å². The number of aliphatic carboxylic acids is 2. The van der Waals surface area contributed by atoms with Crippen LogP contribution in [0.3, 0.4) is 0 Å². The molecule has 1 aromatic heterocycles. The van der Waals surface area contributed by atoms with E-state index in [0.717, 1.165) is 10.4 Å². The number of anilines is 2. The summed E-state index contributed by atoms with van der Waals surface area (Å²) in [6.07, 6.45) is 0.559. The SMILES string of the molecule is O=C(O)CCCC(=O)Nc1ccc(NC(=O)CCCC(=O)O)c(-c2cccs2)c1. The van der Waals surface area contributed by atoms with Gasteiger partial charge in [-0.05, 0) is 42.5 Å². The monoisotopic (exact) mass is 418 g/mol. The molecule has 0 radical (unpaired) electrons. The maximum Gasteiger partial charge on any atom is 0.303 e. The molecule has 0 bridgehead atoms. The summed E-state index contributed by atoms with van der Waals surface area (Å²) < 4.78 is 0. The fourth-order valence-corrected chi connectivity index (χ4v) is 3.36. The van der Waals surface area contributed by atoms with Crippen molar-refractivity contribution in [2.75, 3.05) is 10.6 Å².